The van der Waals surface area contributed by atoms with Gasteiger partial charge in [-0.2, -0.15) is 0 Å². The zero-order valence-corrected chi connectivity index (χ0v) is 8.18. The molecule has 0 bridgehead atoms. The Hall–Kier alpha value is -1.09. The van der Waals surface area contributed by atoms with E-state index in [2.05, 4.69) is 0 Å². The van der Waals surface area contributed by atoms with Crippen molar-refractivity contribution in [2.24, 2.45) is 5.73 Å². The van der Waals surface area contributed by atoms with Gasteiger partial charge in [0.05, 0.1) is 0 Å². The first-order valence-electron chi connectivity index (χ1n) is 4.78. The van der Waals surface area contributed by atoms with Gasteiger partial charge in [0, 0.05) is 11.1 Å². The van der Waals surface area contributed by atoms with Crippen molar-refractivity contribution in [3.05, 3.63) is 29.1 Å². The topological polar surface area (TPSA) is 46.2 Å². The molecule has 0 saturated heterocycles. The summed E-state index contributed by atoms with van der Waals surface area (Å²) in [7, 11) is 0. The van der Waals surface area contributed by atoms with Crippen LogP contribution in [0.3, 0.4) is 0 Å². The highest BCUT2D eigenvalue weighted by molar-refractivity contribution is 5.42. The van der Waals surface area contributed by atoms with Crippen molar-refractivity contribution in [1.82, 2.24) is 0 Å². The molecule has 2 nitrogen and oxygen atoms in total. The van der Waals surface area contributed by atoms with Crippen LogP contribution in [0.1, 0.15) is 24.0 Å². The summed E-state index contributed by atoms with van der Waals surface area (Å²) < 4.78 is 13.4. The van der Waals surface area contributed by atoms with Crippen molar-refractivity contribution in [3.63, 3.8) is 0 Å². The molecule has 1 aliphatic carbocycles. The van der Waals surface area contributed by atoms with Gasteiger partial charge in [-0.25, -0.2) is 4.39 Å². The van der Waals surface area contributed by atoms with E-state index in [-0.39, 0.29) is 17.1 Å². The van der Waals surface area contributed by atoms with Gasteiger partial charge in [0.1, 0.15) is 11.6 Å². The molecule has 0 radical (unpaired) electrons. The summed E-state index contributed by atoms with van der Waals surface area (Å²) in [5.74, 6) is -0.299. The van der Waals surface area contributed by atoms with Crippen LogP contribution in [-0.4, -0.2) is 10.6 Å². The fraction of sp³-hybridized carbons (Fsp3) is 0.455. The molecule has 0 unspecified atom stereocenters. The van der Waals surface area contributed by atoms with Crippen LogP contribution in [0.4, 0.5) is 4.39 Å². The van der Waals surface area contributed by atoms with Gasteiger partial charge < -0.3 is 10.8 Å². The second-order valence-corrected chi connectivity index (χ2v) is 4.23. The highest BCUT2D eigenvalue weighted by Crippen LogP contribution is 2.39. The number of nitrogens with two attached hydrogens (primary N) is 1. The van der Waals surface area contributed by atoms with E-state index < -0.39 is 0 Å². The quantitative estimate of drug-likeness (QED) is 0.756. The number of hydrogen-bond acceptors (Lipinski definition) is 2. The van der Waals surface area contributed by atoms with E-state index in [4.69, 9.17) is 5.73 Å². The summed E-state index contributed by atoms with van der Waals surface area (Å²) in [6, 6.07) is 2.96. The zero-order valence-electron chi connectivity index (χ0n) is 8.18. The average molecular weight is 195 g/mol. The Morgan fingerprint density at radius 2 is 2.14 bits per heavy atom. The van der Waals surface area contributed by atoms with Gasteiger partial charge in [-0.3, -0.25) is 0 Å². The number of phenolic OH excluding ortho intramolecular Hbond substituents is 1. The molecular formula is C11H14FNO. The number of aromatic hydroxyl groups is 1. The number of aryl methyl sites for hydroxylation is 1. The van der Waals surface area contributed by atoms with E-state index in [1.165, 1.54) is 6.07 Å². The summed E-state index contributed by atoms with van der Waals surface area (Å²) in [6.45, 7) is 1.76. The first-order valence-corrected chi connectivity index (χ1v) is 4.78. The molecule has 0 spiro atoms. The normalized spacial score (nSPS) is 18.2. The number of halogens is 1. The van der Waals surface area contributed by atoms with E-state index in [1.807, 2.05) is 0 Å². The van der Waals surface area contributed by atoms with Gasteiger partial charge >= 0.3 is 0 Å². The second kappa shape index (κ2) is 2.95. The summed E-state index contributed by atoms with van der Waals surface area (Å²) in [6.07, 6.45) is 2.27. The number of hydrogen-bond donors (Lipinski definition) is 2. The van der Waals surface area contributed by atoms with Gasteiger partial charge in [0.25, 0.3) is 0 Å². The van der Waals surface area contributed by atoms with Crippen molar-refractivity contribution in [3.8, 4) is 5.75 Å². The van der Waals surface area contributed by atoms with E-state index >= 15 is 0 Å². The number of benzene rings is 1. The van der Waals surface area contributed by atoms with Gasteiger partial charge in [-0.1, -0.05) is 6.07 Å². The maximum absolute atomic E-state index is 13.4. The fourth-order valence-corrected chi connectivity index (χ4v) is 1.59. The van der Waals surface area contributed by atoms with E-state index in [0.29, 0.717) is 17.5 Å². The number of rotatable bonds is 2. The zero-order chi connectivity index (χ0) is 10.3. The van der Waals surface area contributed by atoms with Crippen molar-refractivity contribution in [2.45, 2.75) is 31.7 Å². The van der Waals surface area contributed by atoms with Crippen LogP contribution < -0.4 is 5.73 Å². The molecule has 3 N–H and O–H groups in total. The molecule has 0 atom stereocenters. The molecule has 1 aliphatic rings. The van der Waals surface area contributed by atoms with Crippen LogP contribution >= 0.6 is 0 Å². The Kier molecular flexibility index (Phi) is 2.00. The second-order valence-electron chi connectivity index (χ2n) is 4.23. The lowest BCUT2D eigenvalue weighted by Gasteiger charge is -2.12. The predicted octanol–water partition coefficient (Wildman–Crippen LogP) is 1.87. The highest BCUT2D eigenvalue weighted by Gasteiger charge is 2.39. The molecule has 2 rings (SSSR count). The van der Waals surface area contributed by atoms with E-state index in [1.54, 1.807) is 13.0 Å². The predicted molar refractivity (Wildman–Crippen MR) is 52.7 cm³/mol. The molecule has 0 amide bonds. The maximum atomic E-state index is 13.4. The summed E-state index contributed by atoms with van der Waals surface area (Å²) >= 11 is 0. The van der Waals surface area contributed by atoms with Crippen LogP contribution in [0, 0.1) is 12.7 Å². The molecule has 3 heteroatoms. The van der Waals surface area contributed by atoms with Crippen LogP contribution in [0.25, 0.3) is 0 Å². The highest BCUT2D eigenvalue weighted by atomic mass is 19.1. The number of phenols is 1. The minimum atomic E-state index is -0.357. The van der Waals surface area contributed by atoms with Gasteiger partial charge in [-0.15, -0.1) is 0 Å². The van der Waals surface area contributed by atoms with Crippen molar-refractivity contribution in [2.75, 3.05) is 0 Å². The minimum absolute atomic E-state index is 0.0572. The lowest BCUT2D eigenvalue weighted by atomic mass is 10.0. The van der Waals surface area contributed by atoms with Gasteiger partial charge in [-0.05, 0) is 37.8 Å². The molecule has 1 aromatic rings. The van der Waals surface area contributed by atoms with Crippen LogP contribution in [0.15, 0.2) is 12.1 Å². The van der Waals surface area contributed by atoms with Crippen molar-refractivity contribution in [1.29, 1.82) is 0 Å². The third-order valence-electron chi connectivity index (χ3n) is 2.85. The molecule has 76 valence electrons. The average Bonchev–Trinajstić information content (AvgIpc) is 2.86. The Balaban J connectivity index is 2.35. The Morgan fingerprint density at radius 1 is 1.50 bits per heavy atom. The summed E-state index contributed by atoms with van der Waals surface area (Å²) in [5, 5.41) is 9.67. The Labute approximate surface area is 82.5 Å². The van der Waals surface area contributed by atoms with Gasteiger partial charge in [0.2, 0.25) is 0 Å². The Morgan fingerprint density at radius 3 is 2.71 bits per heavy atom. The summed E-state index contributed by atoms with van der Waals surface area (Å²) in [5.41, 5.74) is 6.68. The van der Waals surface area contributed by atoms with Crippen molar-refractivity contribution >= 4 is 0 Å². The molecule has 1 saturated carbocycles. The summed E-state index contributed by atoms with van der Waals surface area (Å²) in [4.78, 5) is 0. The maximum Gasteiger partial charge on any atom is 0.130 e. The van der Waals surface area contributed by atoms with Crippen LogP contribution in [-0.2, 0) is 6.42 Å². The third kappa shape index (κ3) is 1.60. The SMILES string of the molecule is Cc1ccc(F)c(CC2(N)CC2)c1O. The lowest BCUT2D eigenvalue weighted by Crippen LogP contribution is -2.25. The van der Waals surface area contributed by atoms with Gasteiger partial charge in [0.15, 0.2) is 0 Å². The monoisotopic (exact) mass is 195 g/mol. The minimum Gasteiger partial charge on any atom is -0.507 e. The lowest BCUT2D eigenvalue weighted by molar-refractivity contribution is 0.448. The Bertz CT molecular complexity index is 372. The van der Waals surface area contributed by atoms with E-state index in [0.717, 1.165) is 12.8 Å². The van der Waals surface area contributed by atoms with E-state index in [9.17, 15) is 9.50 Å². The smallest absolute Gasteiger partial charge is 0.130 e. The fourth-order valence-electron chi connectivity index (χ4n) is 1.59. The third-order valence-corrected chi connectivity index (χ3v) is 2.85. The molecule has 0 aliphatic heterocycles. The van der Waals surface area contributed by atoms with Crippen LogP contribution in [0.5, 0.6) is 5.75 Å². The molecule has 1 fully saturated rings. The molecule has 0 aromatic heterocycles. The first-order chi connectivity index (χ1) is 6.52. The first kappa shape index (κ1) is 9.46. The molecular weight excluding hydrogens is 181 g/mol. The molecule has 0 heterocycles. The van der Waals surface area contributed by atoms with Crippen molar-refractivity contribution < 1.29 is 9.50 Å². The largest absolute Gasteiger partial charge is 0.507 e. The molecule has 14 heavy (non-hydrogen) atoms. The molecule has 1 aromatic carbocycles. The van der Waals surface area contributed by atoms with Crippen LogP contribution in [0.2, 0.25) is 0 Å². The standard InChI is InChI=1S/C11H14FNO/c1-7-2-3-9(12)8(10(7)14)6-11(13)4-5-11/h2-3,14H,4-6,13H2,1H3.